The molecular weight excluding hydrogens is 381 g/mol. The maximum atomic E-state index is 14.3. The van der Waals surface area contributed by atoms with E-state index in [4.69, 9.17) is 0 Å². The van der Waals surface area contributed by atoms with Gasteiger partial charge in [0, 0.05) is 34.8 Å². The minimum Gasteiger partial charge on any atom is -0.332 e. The molecule has 0 bridgehead atoms. The van der Waals surface area contributed by atoms with Crippen LogP contribution in [0.5, 0.6) is 0 Å². The monoisotopic (exact) mass is 401 g/mol. The van der Waals surface area contributed by atoms with Crippen LogP contribution in [0.4, 0.5) is 15.8 Å². The number of rotatable bonds is 5. The first-order chi connectivity index (χ1) is 14.5. The lowest BCUT2D eigenvalue weighted by Gasteiger charge is -2.12. The Morgan fingerprint density at radius 1 is 0.867 bits per heavy atom. The predicted molar refractivity (Wildman–Crippen MR) is 116 cm³/mol. The zero-order valence-electron chi connectivity index (χ0n) is 16.4. The maximum absolute atomic E-state index is 14.3. The number of carbonyl (C=O) groups excluding carboxylic acids is 2. The lowest BCUT2D eigenvalue weighted by molar-refractivity contribution is -0.114. The Hall–Kier alpha value is -3.93. The third kappa shape index (κ3) is 4.07. The van der Waals surface area contributed by atoms with Crippen LogP contribution >= 0.6 is 0 Å². The lowest BCUT2D eigenvalue weighted by Crippen LogP contribution is -2.18. The average Bonchev–Trinajstić information content (AvgIpc) is 3.08. The molecule has 5 nitrogen and oxygen atoms in total. The molecule has 1 heterocycles. The molecule has 150 valence electrons. The smallest absolute Gasteiger partial charge is 0.272 e. The van der Waals surface area contributed by atoms with E-state index in [0.29, 0.717) is 22.6 Å². The Balaban J connectivity index is 1.69. The van der Waals surface area contributed by atoms with Gasteiger partial charge in [-0.1, -0.05) is 42.5 Å². The zero-order valence-corrected chi connectivity index (χ0v) is 16.4. The number of amides is 2. The molecule has 0 fully saturated rings. The molecule has 4 rings (SSSR count). The normalized spacial score (nSPS) is 10.7. The molecule has 0 unspecified atom stereocenters. The topological polar surface area (TPSA) is 63.1 Å². The fourth-order valence-electron chi connectivity index (χ4n) is 3.44. The molecule has 2 amide bonds. The Kier molecular flexibility index (Phi) is 5.30. The number of carbonyl (C=O) groups is 2. The van der Waals surface area contributed by atoms with Crippen molar-refractivity contribution in [3.8, 4) is 0 Å². The van der Waals surface area contributed by atoms with Crippen molar-refractivity contribution < 1.29 is 14.0 Å². The molecule has 30 heavy (non-hydrogen) atoms. The van der Waals surface area contributed by atoms with Crippen LogP contribution in [-0.2, 0) is 11.3 Å². The van der Waals surface area contributed by atoms with Crippen molar-refractivity contribution in [2.45, 2.75) is 13.5 Å². The van der Waals surface area contributed by atoms with Crippen LogP contribution in [0.25, 0.3) is 10.9 Å². The highest BCUT2D eigenvalue weighted by Crippen LogP contribution is 2.24. The number of hydrogen-bond donors (Lipinski definition) is 2. The van der Waals surface area contributed by atoms with Gasteiger partial charge in [0.25, 0.3) is 5.91 Å². The summed E-state index contributed by atoms with van der Waals surface area (Å²) in [6.07, 6.45) is 0. The van der Waals surface area contributed by atoms with Gasteiger partial charge >= 0.3 is 0 Å². The predicted octanol–water partition coefficient (Wildman–Crippen LogP) is 5.04. The van der Waals surface area contributed by atoms with Crippen LogP contribution in [-0.4, -0.2) is 16.4 Å². The van der Waals surface area contributed by atoms with Gasteiger partial charge in [0.2, 0.25) is 5.91 Å². The summed E-state index contributed by atoms with van der Waals surface area (Å²) < 4.78 is 16.1. The molecule has 0 saturated heterocycles. The SMILES string of the molecule is CC(=O)Nc1cccc(NC(=O)c2cc3ccccc3n2Cc2ccccc2F)c1. The van der Waals surface area contributed by atoms with Crippen LogP contribution in [0.2, 0.25) is 0 Å². The largest absolute Gasteiger partial charge is 0.332 e. The van der Waals surface area contributed by atoms with Crippen LogP contribution in [0.3, 0.4) is 0 Å². The third-order valence-corrected chi connectivity index (χ3v) is 4.77. The number of aromatic nitrogens is 1. The highest BCUT2D eigenvalue weighted by atomic mass is 19.1. The van der Waals surface area contributed by atoms with E-state index in [-0.39, 0.29) is 24.2 Å². The zero-order chi connectivity index (χ0) is 21.1. The van der Waals surface area contributed by atoms with E-state index >= 15 is 0 Å². The highest BCUT2D eigenvalue weighted by Gasteiger charge is 2.17. The number of hydrogen-bond acceptors (Lipinski definition) is 2. The number of halogens is 1. The van der Waals surface area contributed by atoms with Gasteiger partial charge in [0.15, 0.2) is 0 Å². The van der Waals surface area contributed by atoms with Gasteiger partial charge in [-0.2, -0.15) is 0 Å². The van der Waals surface area contributed by atoms with E-state index in [1.807, 2.05) is 24.3 Å². The second kappa shape index (κ2) is 8.21. The Morgan fingerprint density at radius 3 is 2.33 bits per heavy atom. The minimum atomic E-state index is -0.317. The molecule has 0 saturated carbocycles. The summed E-state index contributed by atoms with van der Waals surface area (Å²) in [6, 6.07) is 22.9. The molecule has 3 aromatic carbocycles. The quantitative estimate of drug-likeness (QED) is 0.492. The van der Waals surface area contributed by atoms with Crippen LogP contribution in [0, 0.1) is 5.82 Å². The Bertz CT molecular complexity index is 1250. The van der Waals surface area contributed by atoms with Gasteiger partial charge in [0.05, 0.1) is 6.54 Å². The summed E-state index contributed by atoms with van der Waals surface area (Å²) in [4.78, 5) is 24.4. The molecule has 0 radical (unpaired) electrons. The van der Waals surface area contributed by atoms with Crippen molar-refractivity contribution in [2.24, 2.45) is 0 Å². The first kappa shape index (κ1) is 19.4. The highest BCUT2D eigenvalue weighted by molar-refractivity contribution is 6.06. The second-order valence-corrected chi connectivity index (χ2v) is 6.98. The molecule has 0 spiro atoms. The Labute approximate surface area is 173 Å². The summed E-state index contributed by atoms with van der Waals surface area (Å²) in [5.41, 5.74) is 2.91. The molecule has 0 aliphatic heterocycles. The van der Waals surface area contributed by atoms with Gasteiger partial charge in [-0.15, -0.1) is 0 Å². The minimum absolute atomic E-state index is 0.191. The van der Waals surface area contributed by atoms with E-state index in [1.165, 1.54) is 13.0 Å². The number of para-hydroxylation sites is 1. The summed E-state index contributed by atoms with van der Waals surface area (Å²) in [6.45, 7) is 1.65. The summed E-state index contributed by atoms with van der Waals surface area (Å²) in [5, 5.41) is 6.46. The summed E-state index contributed by atoms with van der Waals surface area (Å²) >= 11 is 0. The van der Waals surface area contributed by atoms with E-state index < -0.39 is 0 Å². The van der Waals surface area contributed by atoms with Crippen molar-refractivity contribution in [1.82, 2.24) is 4.57 Å². The van der Waals surface area contributed by atoms with Crippen LogP contribution in [0.1, 0.15) is 23.0 Å². The summed E-state index contributed by atoms with van der Waals surface area (Å²) in [5.74, 6) is -0.823. The lowest BCUT2D eigenvalue weighted by atomic mass is 10.2. The molecule has 2 N–H and O–H groups in total. The van der Waals surface area contributed by atoms with Gasteiger partial charge < -0.3 is 15.2 Å². The summed E-state index contributed by atoms with van der Waals surface area (Å²) in [7, 11) is 0. The average molecular weight is 401 g/mol. The number of nitrogens with one attached hydrogen (secondary N) is 2. The second-order valence-electron chi connectivity index (χ2n) is 6.98. The van der Waals surface area contributed by atoms with Gasteiger partial charge in [0.1, 0.15) is 11.5 Å². The number of benzene rings is 3. The van der Waals surface area contributed by atoms with Crippen molar-refractivity contribution >= 4 is 34.1 Å². The van der Waals surface area contributed by atoms with Crippen molar-refractivity contribution in [3.63, 3.8) is 0 Å². The van der Waals surface area contributed by atoms with E-state index in [1.54, 1.807) is 53.1 Å². The molecule has 6 heteroatoms. The van der Waals surface area contributed by atoms with Crippen molar-refractivity contribution in [1.29, 1.82) is 0 Å². The fraction of sp³-hybridized carbons (Fsp3) is 0.0833. The van der Waals surface area contributed by atoms with Crippen LogP contribution in [0.15, 0.2) is 78.9 Å². The van der Waals surface area contributed by atoms with E-state index in [2.05, 4.69) is 10.6 Å². The van der Waals surface area contributed by atoms with Gasteiger partial charge in [-0.25, -0.2) is 4.39 Å². The van der Waals surface area contributed by atoms with Gasteiger partial charge in [-0.05, 0) is 36.4 Å². The van der Waals surface area contributed by atoms with Crippen LogP contribution < -0.4 is 10.6 Å². The standard InChI is InChI=1S/C24H20FN3O2/c1-16(29)26-19-9-6-10-20(14-19)27-24(30)23-13-17-7-3-5-12-22(17)28(23)15-18-8-2-4-11-21(18)25/h2-14H,15H2,1H3,(H,26,29)(H,27,30). The first-order valence-electron chi connectivity index (χ1n) is 9.52. The molecule has 0 atom stereocenters. The molecule has 0 aliphatic carbocycles. The first-order valence-corrected chi connectivity index (χ1v) is 9.52. The van der Waals surface area contributed by atoms with Crippen molar-refractivity contribution in [3.05, 3.63) is 95.9 Å². The molecule has 4 aromatic rings. The molecule has 0 aliphatic rings. The number of anilines is 2. The molecular formula is C24H20FN3O2. The number of fused-ring (bicyclic) bond motifs is 1. The maximum Gasteiger partial charge on any atom is 0.272 e. The van der Waals surface area contributed by atoms with E-state index in [0.717, 1.165) is 10.9 Å². The van der Waals surface area contributed by atoms with E-state index in [9.17, 15) is 14.0 Å². The number of nitrogens with zero attached hydrogens (tertiary/aromatic N) is 1. The van der Waals surface area contributed by atoms with Crippen molar-refractivity contribution in [2.75, 3.05) is 10.6 Å². The molecule has 1 aromatic heterocycles. The Morgan fingerprint density at radius 2 is 1.57 bits per heavy atom. The van der Waals surface area contributed by atoms with Gasteiger partial charge in [-0.3, -0.25) is 9.59 Å². The fourth-order valence-corrected chi connectivity index (χ4v) is 3.44. The third-order valence-electron chi connectivity index (χ3n) is 4.77.